The zero-order valence-corrected chi connectivity index (χ0v) is 26.4. The molecule has 2 atom stereocenters. The van der Waals surface area contributed by atoms with Crippen molar-refractivity contribution in [3.8, 4) is 0 Å². The Labute approximate surface area is 234 Å². The minimum absolute atomic E-state index is 0.0282. The average molecular weight is 521 g/mol. The second-order valence-corrected chi connectivity index (χ2v) is 12.7. The van der Waals surface area contributed by atoms with Crippen molar-refractivity contribution >= 4 is 5.97 Å². The third kappa shape index (κ3) is 28.0. The molecule has 0 heterocycles. The molecular weight excluding hydrogens is 452 g/mol. The van der Waals surface area contributed by atoms with Crippen molar-refractivity contribution in [1.29, 1.82) is 0 Å². The molecule has 0 unspecified atom stereocenters. The summed E-state index contributed by atoms with van der Waals surface area (Å²) >= 11 is 0. The Morgan fingerprint density at radius 1 is 0.595 bits per heavy atom. The van der Waals surface area contributed by atoms with Gasteiger partial charge < -0.3 is 4.74 Å². The molecule has 0 saturated carbocycles. The highest BCUT2D eigenvalue weighted by atomic mass is 16.5. The van der Waals surface area contributed by atoms with Gasteiger partial charge in [-0.25, -0.2) is 0 Å². The first-order valence-electron chi connectivity index (χ1n) is 16.7. The Balaban J connectivity index is 3.55. The number of unbranched alkanes of at least 4 members (excludes halogenated alkanes) is 12. The third-order valence-electron chi connectivity index (χ3n) is 8.06. The minimum atomic E-state index is -0.0282. The molecule has 0 amide bonds. The van der Waals surface area contributed by atoms with E-state index < -0.39 is 0 Å². The highest BCUT2D eigenvalue weighted by Crippen LogP contribution is 2.21. The fraction of sp³-hybridized carbons (Fsp3) is 0.914. The molecule has 0 aromatic carbocycles. The maximum Gasteiger partial charge on any atom is 0.306 e. The number of rotatable bonds is 27. The molecule has 0 aliphatic heterocycles. The molecular formula is C35H68O2. The van der Waals surface area contributed by atoms with E-state index in [0.29, 0.717) is 18.9 Å². The SMILES string of the molecule is CCCCCCCCCCCCCCC/C(C)=C/COC(=O)CCC[C@H](C)CCC[C@H](C)CCC(C)C. The van der Waals surface area contributed by atoms with Crippen LogP contribution in [-0.4, -0.2) is 12.6 Å². The smallest absolute Gasteiger partial charge is 0.306 e. The fourth-order valence-electron chi connectivity index (χ4n) is 5.19. The second-order valence-electron chi connectivity index (χ2n) is 12.7. The lowest BCUT2D eigenvalue weighted by Crippen LogP contribution is -2.06. The Morgan fingerprint density at radius 3 is 1.62 bits per heavy atom. The first-order chi connectivity index (χ1) is 17.8. The van der Waals surface area contributed by atoms with Gasteiger partial charge in [0.05, 0.1) is 0 Å². The Morgan fingerprint density at radius 2 is 1.08 bits per heavy atom. The largest absolute Gasteiger partial charge is 0.461 e. The minimum Gasteiger partial charge on any atom is -0.461 e. The molecule has 0 bridgehead atoms. The average Bonchev–Trinajstić information content (AvgIpc) is 2.85. The van der Waals surface area contributed by atoms with E-state index in [2.05, 4.69) is 47.6 Å². The summed E-state index contributed by atoms with van der Waals surface area (Å²) in [6.07, 6.45) is 30.8. The summed E-state index contributed by atoms with van der Waals surface area (Å²) in [5.41, 5.74) is 1.37. The van der Waals surface area contributed by atoms with Crippen LogP contribution in [0.25, 0.3) is 0 Å². The first-order valence-corrected chi connectivity index (χ1v) is 16.7. The second kappa shape index (κ2) is 26.8. The normalized spacial score (nSPS) is 13.8. The van der Waals surface area contributed by atoms with Crippen LogP contribution in [-0.2, 0) is 9.53 Å². The summed E-state index contributed by atoms with van der Waals surface area (Å²) in [6.45, 7) is 14.3. The molecule has 0 rings (SSSR count). The lowest BCUT2D eigenvalue weighted by atomic mass is 9.91. The zero-order chi connectivity index (χ0) is 27.6. The van der Waals surface area contributed by atoms with Gasteiger partial charge in [0.2, 0.25) is 0 Å². The van der Waals surface area contributed by atoms with Crippen molar-refractivity contribution < 1.29 is 9.53 Å². The number of hydrogen-bond acceptors (Lipinski definition) is 2. The number of carbonyl (C=O) groups is 1. The standard InChI is InChI=1S/C35H68O2/c1-7-8-9-10-11-12-13-14-15-16-17-18-19-22-34(6)29-30-37-35(36)26-21-25-32(4)23-20-24-33(5)28-27-31(2)3/h29,31-33H,7-28,30H2,1-6H3/b34-29+/t32-,33+/m1/s1. The molecule has 0 aromatic heterocycles. The van der Waals surface area contributed by atoms with Gasteiger partial charge in [-0.2, -0.15) is 0 Å². The zero-order valence-electron chi connectivity index (χ0n) is 26.4. The van der Waals surface area contributed by atoms with Gasteiger partial charge in [-0.1, -0.05) is 156 Å². The van der Waals surface area contributed by atoms with Crippen LogP contribution in [0.1, 0.15) is 183 Å². The number of allylic oxidation sites excluding steroid dienone is 1. The Kier molecular flexibility index (Phi) is 26.2. The molecule has 220 valence electrons. The third-order valence-corrected chi connectivity index (χ3v) is 8.06. The molecule has 0 aromatic rings. The number of esters is 1. The van der Waals surface area contributed by atoms with Crippen molar-refractivity contribution in [2.45, 2.75) is 183 Å². The highest BCUT2D eigenvalue weighted by Gasteiger charge is 2.08. The van der Waals surface area contributed by atoms with E-state index in [1.807, 2.05) is 0 Å². The Bertz CT molecular complexity index is 521. The van der Waals surface area contributed by atoms with Crippen LogP contribution in [0.15, 0.2) is 11.6 Å². The molecule has 2 heteroatoms. The summed E-state index contributed by atoms with van der Waals surface area (Å²) in [6, 6.07) is 0. The lowest BCUT2D eigenvalue weighted by Gasteiger charge is -2.15. The van der Waals surface area contributed by atoms with Gasteiger partial charge in [-0.3, -0.25) is 4.79 Å². The monoisotopic (exact) mass is 521 g/mol. The van der Waals surface area contributed by atoms with Crippen molar-refractivity contribution in [1.82, 2.24) is 0 Å². The number of ether oxygens (including phenoxy) is 1. The van der Waals surface area contributed by atoms with E-state index in [0.717, 1.165) is 31.1 Å². The lowest BCUT2D eigenvalue weighted by molar-refractivity contribution is -0.142. The summed E-state index contributed by atoms with van der Waals surface area (Å²) in [5.74, 6) is 2.36. The molecule has 0 N–H and O–H groups in total. The van der Waals surface area contributed by atoms with Crippen LogP contribution >= 0.6 is 0 Å². The van der Waals surface area contributed by atoms with E-state index in [4.69, 9.17) is 4.74 Å². The van der Waals surface area contributed by atoms with Gasteiger partial charge in [-0.05, 0) is 50.0 Å². The van der Waals surface area contributed by atoms with E-state index in [1.165, 1.54) is 121 Å². The molecule has 0 aliphatic rings. The van der Waals surface area contributed by atoms with Crippen LogP contribution in [0, 0.1) is 17.8 Å². The summed E-state index contributed by atoms with van der Waals surface area (Å²) in [7, 11) is 0. The molecule has 2 nitrogen and oxygen atoms in total. The predicted octanol–water partition coefficient (Wildman–Crippen LogP) is 12.0. The molecule has 0 spiro atoms. The van der Waals surface area contributed by atoms with Gasteiger partial charge >= 0.3 is 5.97 Å². The Hall–Kier alpha value is -0.790. The topological polar surface area (TPSA) is 26.3 Å². The van der Waals surface area contributed by atoms with Gasteiger partial charge in [0, 0.05) is 6.42 Å². The van der Waals surface area contributed by atoms with Gasteiger partial charge in [0.25, 0.3) is 0 Å². The quantitative estimate of drug-likeness (QED) is 0.0611. The predicted molar refractivity (Wildman–Crippen MR) is 165 cm³/mol. The molecule has 37 heavy (non-hydrogen) atoms. The maximum absolute atomic E-state index is 12.1. The number of carbonyl (C=O) groups excluding carboxylic acids is 1. The van der Waals surface area contributed by atoms with Gasteiger partial charge in [0.15, 0.2) is 0 Å². The fourth-order valence-corrected chi connectivity index (χ4v) is 5.19. The van der Waals surface area contributed by atoms with Gasteiger partial charge in [0.1, 0.15) is 6.61 Å². The van der Waals surface area contributed by atoms with Crippen LogP contribution in [0.2, 0.25) is 0 Å². The van der Waals surface area contributed by atoms with E-state index in [9.17, 15) is 4.79 Å². The van der Waals surface area contributed by atoms with E-state index in [-0.39, 0.29) is 5.97 Å². The molecule has 0 fully saturated rings. The molecule has 0 radical (unpaired) electrons. The first kappa shape index (κ1) is 36.2. The molecule has 0 saturated heterocycles. The van der Waals surface area contributed by atoms with Crippen LogP contribution in [0.5, 0.6) is 0 Å². The summed E-state index contributed by atoms with van der Waals surface area (Å²) < 4.78 is 5.46. The van der Waals surface area contributed by atoms with E-state index in [1.54, 1.807) is 0 Å². The van der Waals surface area contributed by atoms with Crippen LogP contribution in [0.3, 0.4) is 0 Å². The van der Waals surface area contributed by atoms with E-state index >= 15 is 0 Å². The number of hydrogen-bond donors (Lipinski definition) is 0. The van der Waals surface area contributed by atoms with Crippen LogP contribution < -0.4 is 0 Å². The molecule has 0 aliphatic carbocycles. The summed E-state index contributed by atoms with van der Waals surface area (Å²) in [5, 5.41) is 0. The van der Waals surface area contributed by atoms with Crippen molar-refractivity contribution in [2.75, 3.05) is 6.61 Å². The van der Waals surface area contributed by atoms with Crippen LogP contribution in [0.4, 0.5) is 0 Å². The highest BCUT2D eigenvalue weighted by molar-refractivity contribution is 5.69. The van der Waals surface area contributed by atoms with Crippen molar-refractivity contribution in [3.63, 3.8) is 0 Å². The van der Waals surface area contributed by atoms with Gasteiger partial charge in [-0.15, -0.1) is 0 Å². The maximum atomic E-state index is 12.1. The van der Waals surface area contributed by atoms with Crippen molar-refractivity contribution in [3.05, 3.63) is 11.6 Å². The summed E-state index contributed by atoms with van der Waals surface area (Å²) in [4.78, 5) is 12.1. The van der Waals surface area contributed by atoms with Crippen molar-refractivity contribution in [2.24, 2.45) is 17.8 Å².